The van der Waals surface area contributed by atoms with Crippen LogP contribution < -0.4 is 0 Å². The third-order valence-corrected chi connectivity index (χ3v) is 4.64. The fourth-order valence-corrected chi connectivity index (χ4v) is 3.45. The summed E-state index contributed by atoms with van der Waals surface area (Å²) in [5.74, 6) is 0.0990. The Kier molecular flexibility index (Phi) is 6.34. The molecule has 0 saturated heterocycles. The summed E-state index contributed by atoms with van der Waals surface area (Å²) in [6.07, 6.45) is 5.45. The van der Waals surface area contributed by atoms with E-state index in [1.165, 1.54) is 12.8 Å². The number of aliphatic hydroxyl groups is 1. The van der Waals surface area contributed by atoms with Crippen LogP contribution in [0.15, 0.2) is 18.2 Å². The van der Waals surface area contributed by atoms with Gasteiger partial charge in [0.15, 0.2) is 0 Å². The van der Waals surface area contributed by atoms with E-state index in [0.717, 1.165) is 18.4 Å². The zero-order chi connectivity index (χ0) is 15.2. The van der Waals surface area contributed by atoms with Gasteiger partial charge in [-0.2, -0.15) is 0 Å². The average molecular weight is 330 g/mol. The summed E-state index contributed by atoms with van der Waals surface area (Å²) in [5.41, 5.74) is 0.935. The molecular formula is C16H21Cl2NO2. The number of rotatable bonds is 6. The molecule has 1 amide bonds. The first-order valence-corrected chi connectivity index (χ1v) is 8.21. The number of benzene rings is 1. The number of halogens is 2. The zero-order valence-corrected chi connectivity index (χ0v) is 13.5. The quantitative estimate of drug-likeness (QED) is 0.864. The van der Waals surface area contributed by atoms with Gasteiger partial charge in [0.25, 0.3) is 0 Å². The predicted octanol–water partition coefficient (Wildman–Crippen LogP) is 3.69. The van der Waals surface area contributed by atoms with Crippen LogP contribution in [0.25, 0.3) is 0 Å². The van der Waals surface area contributed by atoms with Crippen molar-refractivity contribution in [1.29, 1.82) is 0 Å². The first kappa shape index (κ1) is 16.6. The van der Waals surface area contributed by atoms with Crippen LogP contribution in [-0.4, -0.2) is 35.1 Å². The lowest BCUT2D eigenvalue weighted by Crippen LogP contribution is -2.40. The number of hydrogen-bond donors (Lipinski definition) is 1. The highest BCUT2D eigenvalue weighted by Crippen LogP contribution is 2.25. The molecule has 116 valence electrons. The molecule has 0 aliphatic heterocycles. The van der Waals surface area contributed by atoms with Crippen molar-refractivity contribution in [3.05, 3.63) is 33.8 Å². The molecule has 1 N–H and O–H groups in total. The minimum atomic E-state index is 0.0178. The van der Waals surface area contributed by atoms with E-state index in [9.17, 15) is 9.90 Å². The fraction of sp³-hybridized carbons (Fsp3) is 0.562. The van der Waals surface area contributed by atoms with Crippen LogP contribution in [0.4, 0.5) is 0 Å². The molecule has 2 rings (SSSR count). The maximum atomic E-state index is 12.4. The minimum Gasteiger partial charge on any atom is -0.395 e. The van der Waals surface area contributed by atoms with Gasteiger partial charge in [-0.15, -0.1) is 0 Å². The normalized spacial score (nSPS) is 15.4. The number of aliphatic hydroxyl groups excluding tert-OH is 1. The monoisotopic (exact) mass is 329 g/mol. The molecule has 0 atom stereocenters. The lowest BCUT2D eigenvalue weighted by molar-refractivity contribution is -0.134. The summed E-state index contributed by atoms with van der Waals surface area (Å²) in [6, 6.07) is 5.65. The van der Waals surface area contributed by atoms with Gasteiger partial charge in [-0.25, -0.2) is 0 Å². The van der Waals surface area contributed by atoms with Gasteiger partial charge in [-0.3, -0.25) is 4.79 Å². The molecule has 5 heteroatoms. The van der Waals surface area contributed by atoms with Crippen LogP contribution in [0.3, 0.4) is 0 Å². The van der Waals surface area contributed by atoms with E-state index in [0.29, 0.717) is 35.5 Å². The Morgan fingerprint density at radius 1 is 1.29 bits per heavy atom. The van der Waals surface area contributed by atoms with Crippen molar-refractivity contribution in [1.82, 2.24) is 4.90 Å². The summed E-state index contributed by atoms with van der Waals surface area (Å²) in [4.78, 5) is 14.3. The van der Waals surface area contributed by atoms with E-state index in [1.54, 1.807) is 12.1 Å². The standard InChI is InChI=1S/C16H21Cl2NO2/c17-13-7-5-12(15(18)11-13)6-8-16(21)19(9-10-20)14-3-1-2-4-14/h5,7,11,14,20H,1-4,6,8-10H2. The molecule has 0 heterocycles. The Hall–Kier alpha value is -0.770. The molecule has 21 heavy (non-hydrogen) atoms. The molecule has 0 spiro atoms. The molecule has 1 aromatic carbocycles. The Morgan fingerprint density at radius 2 is 2.00 bits per heavy atom. The summed E-state index contributed by atoms with van der Waals surface area (Å²) >= 11 is 12.0. The van der Waals surface area contributed by atoms with Crippen molar-refractivity contribution in [2.24, 2.45) is 0 Å². The zero-order valence-electron chi connectivity index (χ0n) is 12.0. The van der Waals surface area contributed by atoms with E-state index in [2.05, 4.69) is 0 Å². The Morgan fingerprint density at radius 3 is 2.62 bits per heavy atom. The number of aryl methyl sites for hydroxylation is 1. The number of amides is 1. The summed E-state index contributed by atoms with van der Waals surface area (Å²) in [7, 11) is 0. The summed E-state index contributed by atoms with van der Waals surface area (Å²) in [6.45, 7) is 0.446. The highest BCUT2D eigenvalue weighted by atomic mass is 35.5. The van der Waals surface area contributed by atoms with E-state index < -0.39 is 0 Å². The summed E-state index contributed by atoms with van der Waals surface area (Å²) in [5, 5.41) is 10.4. The maximum absolute atomic E-state index is 12.4. The SMILES string of the molecule is O=C(CCc1ccc(Cl)cc1Cl)N(CCO)C1CCCC1. The van der Waals surface area contributed by atoms with Gasteiger partial charge >= 0.3 is 0 Å². The van der Waals surface area contributed by atoms with E-state index in [-0.39, 0.29) is 12.5 Å². The van der Waals surface area contributed by atoms with Crippen LogP contribution in [0.1, 0.15) is 37.7 Å². The van der Waals surface area contributed by atoms with Crippen LogP contribution in [0.2, 0.25) is 10.0 Å². The Bertz CT molecular complexity index is 487. The van der Waals surface area contributed by atoms with Crippen LogP contribution >= 0.6 is 23.2 Å². The molecule has 1 fully saturated rings. The molecule has 0 bridgehead atoms. The van der Waals surface area contributed by atoms with Crippen molar-refractivity contribution in [2.75, 3.05) is 13.2 Å². The van der Waals surface area contributed by atoms with Crippen molar-refractivity contribution in [2.45, 2.75) is 44.6 Å². The second-order valence-electron chi connectivity index (χ2n) is 5.48. The third kappa shape index (κ3) is 4.60. The Labute approximate surface area is 135 Å². The number of carbonyl (C=O) groups excluding carboxylic acids is 1. The van der Waals surface area contributed by atoms with Crippen molar-refractivity contribution >= 4 is 29.1 Å². The molecule has 1 aliphatic carbocycles. The van der Waals surface area contributed by atoms with Crippen LogP contribution in [0, 0.1) is 0 Å². The summed E-state index contributed by atoms with van der Waals surface area (Å²) < 4.78 is 0. The molecule has 0 aromatic heterocycles. The van der Waals surface area contributed by atoms with E-state index >= 15 is 0 Å². The lowest BCUT2D eigenvalue weighted by Gasteiger charge is -2.28. The highest BCUT2D eigenvalue weighted by molar-refractivity contribution is 6.35. The Balaban J connectivity index is 1.95. The topological polar surface area (TPSA) is 40.5 Å². The van der Waals surface area contributed by atoms with Crippen LogP contribution in [-0.2, 0) is 11.2 Å². The maximum Gasteiger partial charge on any atom is 0.223 e. The van der Waals surface area contributed by atoms with Gasteiger partial charge in [-0.05, 0) is 37.0 Å². The van der Waals surface area contributed by atoms with Crippen LogP contribution in [0.5, 0.6) is 0 Å². The molecular weight excluding hydrogens is 309 g/mol. The molecule has 0 unspecified atom stereocenters. The number of nitrogens with zero attached hydrogens (tertiary/aromatic N) is 1. The molecule has 1 saturated carbocycles. The smallest absolute Gasteiger partial charge is 0.223 e. The minimum absolute atomic E-state index is 0.0178. The van der Waals surface area contributed by atoms with E-state index in [4.69, 9.17) is 23.2 Å². The first-order chi connectivity index (χ1) is 10.1. The molecule has 3 nitrogen and oxygen atoms in total. The first-order valence-electron chi connectivity index (χ1n) is 7.46. The second-order valence-corrected chi connectivity index (χ2v) is 6.33. The van der Waals surface area contributed by atoms with Crippen molar-refractivity contribution in [3.63, 3.8) is 0 Å². The van der Waals surface area contributed by atoms with Crippen molar-refractivity contribution < 1.29 is 9.90 Å². The van der Waals surface area contributed by atoms with Crippen molar-refractivity contribution in [3.8, 4) is 0 Å². The van der Waals surface area contributed by atoms with Gasteiger partial charge in [0.05, 0.1) is 6.61 Å². The predicted molar refractivity (Wildman–Crippen MR) is 85.8 cm³/mol. The van der Waals surface area contributed by atoms with Gasteiger partial charge in [0.1, 0.15) is 0 Å². The molecule has 1 aromatic rings. The fourth-order valence-electron chi connectivity index (χ4n) is 2.94. The largest absolute Gasteiger partial charge is 0.395 e. The van der Waals surface area contributed by atoms with Gasteiger partial charge < -0.3 is 10.0 Å². The molecule has 0 radical (unpaired) electrons. The van der Waals surface area contributed by atoms with Gasteiger partial charge in [0.2, 0.25) is 5.91 Å². The van der Waals surface area contributed by atoms with E-state index in [1.807, 2.05) is 11.0 Å². The highest BCUT2D eigenvalue weighted by Gasteiger charge is 2.25. The van der Waals surface area contributed by atoms with Gasteiger partial charge in [-0.1, -0.05) is 42.1 Å². The third-order valence-electron chi connectivity index (χ3n) is 4.05. The number of carbonyl (C=O) groups is 1. The second kappa shape index (κ2) is 8.02. The lowest BCUT2D eigenvalue weighted by atomic mass is 10.1. The van der Waals surface area contributed by atoms with Gasteiger partial charge in [0, 0.05) is 29.1 Å². The number of hydrogen-bond acceptors (Lipinski definition) is 2. The molecule has 1 aliphatic rings. The average Bonchev–Trinajstić information content (AvgIpc) is 2.97.